The highest BCUT2D eigenvalue weighted by Crippen LogP contribution is 2.12. The average Bonchev–Trinajstić information content (AvgIpc) is 3.10. The van der Waals surface area contributed by atoms with Gasteiger partial charge in [-0.25, -0.2) is 4.98 Å². The third-order valence-corrected chi connectivity index (χ3v) is 4.65. The largest absolute Gasteiger partial charge is 0.497 e. The third-order valence-electron chi connectivity index (χ3n) is 3.83. The molecule has 0 bridgehead atoms. The van der Waals surface area contributed by atoms with Crippen LogP contribution in [0.5, 0.6) is 5.75 Å². The highest BCUT2D eigenvalue weighted by Gasteiger charge is 2.01. The van der Waals surface area contributed by atoms with E-state index in [1.807, 2.05) is 31.2 Å². The molecular weight excluding hydrogens is 487 g/mol. The number of halogens is 1. The maximum absolute atomic E-state index is 5.72. The quantitative estimate of drug-likeness (QED) is 0.205. The highest BCUT2D eigenvalue weighted by atomic mass is 127. The molecule has 2 rings (SSSR count). The fraction of sp³-hybridized carbons (Fsp3) is 0.500. The minimum atomic E-state index is 0. The molecule has 0 unspecified atom stereocenters. The number of aryl methyl sites for hydroxylation is 1. The molecule has 28 heavy (non-hydrogen) atoms. The number of thiazole rings is 1. The maximum atomic E-state index is 5.72. The molecule has 1 aromatic heterocycles. The fourth-order valence-electron chi connectivity index (χ4n) is 2.44. The lowest BCUT2D eigenvalue weighted by Gasteiger charge is -2.10. The van der Waals surface area contributed by atoms with Gasteiger partial charge in [0.25, 0.3) is 0 Å². The number of nitrogens with zero attached hydrogens (tertiary/aromatic N) is 2. The molecule has 156 valence electrons. The van der Waals surface area contributed by atoms with Gasteiger partial charge >= 0.3 is 0 Å². The predicted molar refractivity (Wildman–Crippen MR) is 127 cm³/mol. The molecule has 0 fully saturated rings. The second kappa shape index (κ2) is 14.6. The van der Waals surface area contributed by atoms with E-state index < -0.39 is 0 Å². The van der Waals surface area contributed by atoms with E-state index in [-0.39, 0.29) is 24.0 Å². The van der Waals surface area contributed by atoms with Crippen LogP contribution in [0.2, 0.25) is 0 Å². The average molecular weight is 518 g/mol. The Morgan fingerprint density at radius 3 is 2.64 bits per heavy atom. The first-order chi connectivity index (χ1) is 13.2. The fourth-order valence-corrected chi connectivity index (χ4v) is 3.09. The predicted octanol–water partition coefficient (Wildman–Crippen LogP) is 3.78. The Bertz CT molecular complexity index is 692. The molecule has 0 amide bonds. The topological polar surface area (TPSA) is 67.8 Å². The van der Waals surface area contributed by atoms with Gasteiger partial charge in [0, 0.05) is 38.0 Å². The van der Waals surface area contributed by atoms with E-state index in [0.29, 0.717) is 13.2 Å². The lowest BCUT2D eigenvalue weighted by atomic mass is 10.2. The molecule has 6 nitrogen and oxygen atoms in total. The minimum Gasteiger partial charge on any atom is -0.497 e. The standard InChI is InChI=1S/C20H30N4O2S.HI/c1-4-21-20(23-12-10-18-15-27-16(2)24-18)22-11-5-13-26-14-17-6-8-19(25-3)9-7-17;/h6-9,15H,4-5,10-14H2,1-3H3,(H2,21,22,23);1H. The molecule has 2 aromatic rings. The third kappa shape index (κ3) is 9.70. The van der Waals surface area contributed by atoms with E-state index in [0.717, 1.165) is 60.4 Å². The summed E-state index contributed by atoms with van der Waals surface area (Å²) in [5, 5.41) is 9.85. The van der Waals surface area contributed by atoms with Gasteiger partial charge in [0.05, 0.1) is 24.4 Å². The van der Waals surface area contributed by atoms with Crippen molar-refractivity contribution >= 4 is 41.3 Å². The molecule has 0 aliphatic rings. The smallest absolute Gasteiger partial charge is 0.191 e. The Morgan fingerprint density at radius 1 is 1.21 bits per heavy atom. The first-order valence-electron chi connectivity index (χ1n) is 9.35. The first-order valence-corrected chi connectivity index (χ1v) is 10.2. The molecule has 1 heterocycles. The maximum Gasteiger partial charge on any atom is 0.191 e. The summed E-state index contributed by atoms with van der Waals surface area (Å²) in [7, 11) is 1.67. The summed E-state index contributed by atoms with van der Waals surface area (Å²) < 4.78 is 10.9. The van der Waals surface area contributed by atoms with Gasteiger partial charge in [0.15, 0.2) is 5.96 Å². The summed E-state index contributed by atoms with van der Waals surface area (Å²) in [5.41, 5.74) is 2.28. The number of aromatic nitrogens is 1. The van der Waals surface area contributed by atoms with Gasteiger partial charge in [-0.3, -0.25) is 4.99 Å². The van der Waals surface area contributed by atoms with E-state index in [1.165, 1.54) is 0 Å². The van der Waals surface area contributed by atoms with Crippen LogP contribution in [0, 0.1) is 6.92 Å². The highest BCUT2D eigenvalue weighted by molar-refractivity contribution is 14.0. The molecule has 0 atom stereocenters. The molecule has 0 saturated heterocycles. The summed E-state index contributed by atoms with van der Waals surface area (Å²) in [6.07, 6.45) is 1.79. The second-order valence-electron chi connectivity index (χ2n) is 6.05. The summed E-state index contributed by atoms with van der Waals surface area (Å²) in [4.78, 5) is 9.08. The number of rotatable bonds is 11. The number of guanidine groups is 1. The number of hydrogen-bond donors (Lipinski definition) is 2. The van der Waals surface area contributed by atoms with Crippen molar-refractivity contribution in [3.05, 3.63) is 45.9 Å². The first kappa shape index (κ1) is 24.6. The van der Waals surface area contributed by atoms with Gasteiger partial charge < -0.3 is 20.1 Å². The molecule has 1 aromatic carbocycles. The Balaban J connectivity index is 0.00000392. The molecule has 0 saturated carbocycles. The van der Waals surface area contributed by atoms with Gasteiger partial charge in [-0.1, -0.05) is 12.1 Å². The van der Waals surface area contributed by atoms with E-state index in [9.17, 15) is 0 Å². The van der Waals surface area contributed by atoms with Crippen molar-refractivity contribution in [2.45, 2.75) is 33.3 Å². The van der Waals surface area contributed by atoms with Crippen molar-refractivity contribution in [1.29, 1.82) is 0 Å². The van der Waals surface area contributed by atoms with Crippen LogP contribution in [-0.2, 0) is 17.8 Å². The van der Waals surface area contributed by atoms with E-state index >= 15 is 0 Å². The van der Waals surface area contributed by atoms with Crippen LogP contribution in [0.25, 0.3) is 0 Å². The number of methoxy groups -OCH3 is 1. The second-order valence-corrected chi connectivity index (χ2v) is 7.11. The molecule has 0 aliphatic heterocycles. The molecule has 0 radical (unpaired) electrons. The Morgan fingerprint density at radius 2 is 2.00 bits per heavy atom. The monoisotopic (exact) mass is 518 g/mol. The van der Waals surface area contributed by atoms with Crippen molar-refractivity contribution in [2.75, 3.05) is 33.4 Å². The molecular formula is C20H31IN4O2S. The summed E-state index contributed by atoms with van der Waals surface area (Å²) in [6, 6.07) is 7.94. The Labute approximate surface area is 189 Å². The van der Waals surface area contributed by atoms with Crippen molar-refractivity contribution in [3.8, 4) is 5.75 Å². The summed E-state index contributed by atoms with van der Waals surface area (Å²) >= 11 is 1.69. The van der Waals surface area contributed by atoms with Crippen LogP contribution < -0.4 is 15.4 Å². The normalized spacial score (nSPS) is 11.0. The van der Waals surface area contributed by atoms with Crippen LogP contribution in [0.1, 0.15) is 29.6 Å². The number of hydrogen-bond acceptors (Lipinski definition) is 5. The van der Waals surface area contributed by atoms with Gasteiger partial charge in [0.2, 0.25) is 0 Å². The number of benzene rings is 1. The van der Waals surface area contributed by atoms with Crippen molar-refractivity contribution < 1.29 is 9.47 Å². The Kier molecular flexibility index (Phi) is 12.8. The molecule has 0 aliphatic carbocycles. The van der Waals surface area contributed by atoms with Gasteiger partial charge in [-0.05, 0) is 38.0 Å². The summed E-state index contributed by atoms with van der Waals surface area (Å²) in [5.74, 6) is 1.71. The van der Waals surface area contributed by atoms with Gasteiger partial charge in [0.1, 0.15) is 5.75 Å². The number of nitrogens with one attached hydrogen (secondary N) is 2. The molecule has 8 heteroatoms. The lowest BCUT2D eigenvalue weighted by Crippen LogP contribution is -2.38. The van der Waals surface area contributed by atoms with Crippen LogP contribution in [0.15, 0.2) is 34.6 Å². The molecule has 2 N–H and O–H groups in total. The van der Waals surface area contributed by atoms with Crippen molar-refractivity contribution in [1.82, 2.24) is 15.6 Å². The van der Waals surface area contributed by atoms with Gasteiger partial charge in [-0.2, -0.15) is 0 Å². The number of ether oxygens (including phenoxy) is 2. The van der Waals surface area contributed by atoms with Crippen LogP contribution in [0.4, 0.5) is 0 Å². The zero-order valence-corrected chi connectivity index (χ0v) is 20.0. The zero-order valence-electron chi connectivity index (χ0n) is 16.9. The van der Waals surface area contributed by atoms with E-state index in [1.54, 1.807) is 18.4 Å². The SMILES string of the molecule is CCNC(=NCCCOCc1ccc(OC)cc1)NCCc1csc(C)n1.I. The van der Waals surface area contributed by atoms with Crippen LogP contribution in [-0.4, -0.2) is 44.3 Å². The minimum absolute atomic E-state index is 0. The van der Waals surface area contributed by atoms with E-state index in [2.05, 4.69) is 32.9 Å². The Hall–Kier alpha value is -1.39. The number of aliphatic imine (C=N–C) groups is 1. The van der Waals surface area contributed by atoms with Gasteiger partial charge in [-0.15, -0.1) is 35.3 Å². The van der Waals surface area contributed by atoms with E-state index in [4.69, 9.17) is 9.47 Å². The molecule has 0 spiro atoms. The zero-order chi connectivity index (χ0) is 19.3. The van der Waals surface area contributed by atoms with Crippen LogP contribution >= 0.6 is 35.3 Å². The van der Waals surface area contributed by atoms with Crippen LogP contribution in [0.3, 0.4) is 0 Å². The van der Waals surface area contributed by atoms with Crippen molar-refractivity contribution in [3.63, 3.8) is 0 Å². The van der Waals surface area contributed by atoms with Crippen molar-refractivity contribution in [2.24, 2.45) is 4.99 Å². The lowest BCUT2D eigenvalue weighted by molar-refractivity contribution is 0.120. The summed E-state index contributed by atoms with van der Waals surface area (Å²) in [6.45, 7) is 7.79.